The number of hydrogen-bond acceptors (Lipinski definition) is 5. The van der Waals surface area contributed by atoms with Crippen LogP contribution in [-0.2, 0) is 9.59 Å². The Morgan fingerprint density at radius 3 is 2.16 bits per heavy atom. The van der Waals surface area contributed by atoms with Crippen molar-refractivity contribution in [3.8, 4) is 5.75 Å². The van der Waals surface area contributed by atoms with E-state index in [1.807, 2.05) is 43.0 Å². The lowest BCUT2D eigenvalue weighted by atomic mass is 10.0. The normalized spacial score (nSPS) is 17.8. The largest absolute Gasteiger partial charge is 0.491 e. The number of carbonyl (C=O) groups excluding carboxylic acids is 2. The molecule has 0 saturated carbocycles. The topological polar surface area (TPSA) is 53.1 Å². The third kappa shape index (κ3) is 4.18. The van der Waals surface area contributed by atoms with E-state index in [1.165, 1.54) is 4.90 Å². The van der Waals surface area contributed by atoms with Gasteiger partial charge in [0.05, 0.1) is 22.4 Å². The highest BCUT2D eigenvalue weighted by atomic mass is 35.5. The SMILES string of the molecule is CC(C)Oc1ccc(C2=C(N3CCN(C)CC3)C(=O)N(c3ccccc3Cl)C2=O)cc1. The van der Waals surface area contributed by atoms with Crippen molar-refractivity contribution < 1.29 is 14.3 Å². The number of benzene rings is 2. The quantitative estimate of drug-likeness (QED) is 0.665. The van der Waals surface area contributed by atoms with Crippen LogP contribution in [0.5, 0.6) is 5.75 Å². The van der Waals surface area contributed by atoms with Crippen molar-refractivity contribution in [1.29, 1.82) is 0 Å². The maximum atomic E-state index is 13.6. The molecule has 0 N–H and O–H groups in total. The first-order valence-corrected chi connectivity index (χ1v) is 10.8. The van der Waals surface area contributed by atoms with Crippen LogP contribution >= 0.6 is 11.6 Å². The molecule has 162 valence electrons. The van der Waals surface area contributed by atoms with E-state index >= 15 is 0 Å². The van der Waals surface area contributed by atoms with Crippen molar-refractivity contribution in [2.75, 3.05) is 38.1 Å². The van der Waals surface area contributed by atoms with E-state index in [1.54, 1.807) is 24.3 Å². The molecule has 31 heavy (non-hydrogen) atoms. The molecular formula is C24H26ClN3O3. The lowest BCUT2D eigenvalue weighted by Crippen LogP contribution is -2.46. The van der Waals surface area contributed by atoms with Crippen molar-refractivity contribution in [1.82, 2.24) is 9.80 Å². The Labute approximate surface area is 187 Å². The third-order valence-corrected chi connectivity index (χ3v) is 5.81. The Morgan fingerprint density at radius 2 is 1.55 bits per heavy atom. The predicted molar refractivity (Wildman–Crippen MR) is 122 cm³/mol. The molecule has 1 fully saturated rings. The summed E-state index contributed by atoms with van der Waals surface area (Å²) in [4.78, 5) is 32.6. The van der Waals surface area contributed by atoms with Crippen LogP contribution in [-0.4, -0.2) is 60.9 Å². The average molecular weight is 440 g/mol. The van der Waals surface area contributed by atoms with E-state index in [-0.39, 0.29) is 17.9 Å². The molecule has 0 spiro atoms. The summed E-state index contributed by atoms with van der Waals surface area (Å²) in [6.45, 7) is 6.93. The first kappa shape index (κ1) is 21.4. The zero-order valence-electron chi connectivity index (χ0n) is 18.0. The first-order valence-electron chi connectivity index (χ1n) is 10.4. The Morgan fingerprint density at radius 1 is 0.903 bits per heavy atom. The Kier molecular flexibility index (Phi) is 6.03. The van der Waals surface area contributed by atoms with Crippen LogP contribution in [0.2, 0.25) is 5.02 Å². The summed E-state index contributed by atoms with van der Waals surface area (Å²) in [5, 5.41) is 0.365. The first-order chi connectivity index (χ1) is 14.9. The summed E-state index contributed by atoms with van der Waals surface area (Å²) in [5.41, 5.74) is 1.94. The number of amides is 2. The number of anilines is 1. The molecule has 2 aromatic carbocycles. The molecule has 0 radical (unpaired) electrons. The van der Waals surface area contributed by atoms with Gasteiger partial charge in [-0.1, -0.05) is 35.9 Å². The second-order valence-corrected chi connectivity index (χ2v) is 8.51. The van der Waals surface area contributed by atoms with Gasteiger partial charge in [0.2, 0.25) is 0 Å². The molecule has 2 heterocycles. The van der Waals surface area contributed by atoms with Gasteiger partial charge in [0.15, 0.2) is 0 Å². The minimum absolute atomic E-state index is 0.0522. The van der Waals surface area contributed by atoms with Gasteiger partial charge in [-0.05, 0) is 50.7 Å². The van der Waals surface area contributed by atoms with Crippen LogP contribution in [0.1, 0.15) is 19.4 Å². The molecule has 0 unspecified atom stereocenters. The van der Waals surface area contributed by atoms with Gasteiger partial charge < -0.3 is 14.5 Å². The number of halogens is 1. The lowest BCUT2D eigenvalue weighted by molar-refractivity contribution is -0.120. The molecule has 0 atom stereocenters. The van der Waals surface area contributed by atoms with Gasteiger partial charge in [-0.25, -0.2) is 4.90 Å². The number of likely N-dealkylation sites (N-methyl/N-ethyl adjacent to an activating group) is 1. The Balaban J connectivity index is 1.77. The average Bonchev–Trinajstić information content (AvgIpc) is 2.99. The van der Waals surface area contributed by atoms with Gasteiger partial charge in [-0.2, -0.15) is 0 Å². The number of rotatable bonds is 5. The molecule has 2 aliphatic heterocycles. The van der Waals surface area contributed by atoms with Gasteiger partial charge in [0, 0.05) is 26.2 Å². The van der Waals surface area contributed by atoms with Crippen LogP contribution in [0.3, 0.4) is 0 Å². The number of hydrogen-bond donors (Lipinski definition) is 0. The number of ether oxygens (including phenoxy) is 1. The number of nitrogens with zero attached hydrogens (tertiary/aromatic N) is 3. The van der Waals surface area contributed by atoms with E-state index in [0.717, 1.165) is 18.8 Å². The van der Waals surface area contributed by atoms with Crippen LogP contribution in [0, 0.1) is 0 Å². The molecule has 0 bridgehead atoms. The molecule has 0 aromatic heterocycles. The summed E-state index contributed by atoms with van der Waals surface area (Å²) in [6.07, 6.45) is 0.0522. The Bertz CT molecular complexity index is 1020. The van der Waals surface area contributed by atoms with Crippen molar-refractivity contribution in [2.24, 2.45) is 0 Å². The number of para-hydroxylation sites is 1. The molecular weight excluding hydrogens is 414 g/mol. The van der Waals surface area contributed by atoms with Crippen LogP contribution < -0.4 is 9.64 Å². The fraction of sp³-hybridized carbons (Fsp3) is 0.333. The summed E-state index contributed by atoms with van der Waals surface area (Å²) in [6, 6.07) is 14.3. The van der Waals surface area contributed by atoms with Crippen LogP contribution in [0.4, 0.5) is 5.69 Å². The van der Waals surface area contributed by atoms with Gasteiger partial charge in [-0.15, -0.1) is 0 Å². The van der Waals surface area contributed by atoms with E-state index in [0.29, 0.717) is 40.6 Å². The number of piperazine rings is 1. The Hall–Kier alpha value is -2.83. The highest BCUT2D eigenvalue weighted by Crippen LogP contribution is 2.38. The summed E-state index contributed by atoms with van der Waals surface area (Å²) >= 11 is 6.35. The lowest BCUT2D eigenvalue weighted by Gasteiger charge is -2.34. The predicted octanol–water partition coefficient (Wildman–Crippen LogP) is 3.66. The molecule has 4 rings (SSSR count). The number of imide groups is 1. The van der Waals surface area contributed by atoms with Crippen molar-refractivity contribution in [2.45, 2.75) is 20.0 Å². The molecule has 7 heteroatoms. The fourth-order valence-corrected chi connectivity index (χ4v) is 4.15. The molecule has 2 aromatic rings. The maximum absolute atomic E-state index is 13.6. The van der Waals surface area contributed by atoms with Crippen molar-refractivity contribution in [3.05, 3.63) is 64.8 Å². The molecule has 2 aliphatic rings. The zero-order valence-corrected chi connectivity index (χ0v) is 18.7. The molecule has 1 saturated heterocycles. The highest BCUT2D eigenvalue weighted by Gasteiger charge is 2.43. The van der Waals surface area contributed by atoms with Crippen LogP contribution in [0.15, 0.2) is 54.2 Å². The summed E-state index contributed by atoms with van der Waals surface area (Å²) in [7, 11) is 2.05. The minimum atomic E-state index is -0.357. The van der Waals surface area contributed by atoms with Gasteiger partial charge in [0.1, 0.15) is 11.4 Å². The van der Waals surface area contributed by atoms with Crippen molar-refractivity contribution in [3.63, 3.8) is 0 Å². The highest BCUT2D eigenvalue weighted by molar-refractivity contribution is 6.47. The number of carbonyl (C=O) groups is 2. The van der Waals surface area contributed by atoms with Gasteiger partial charge in [-0.3, -0.25) is 9.59 Å². The van der Waals surface area contributed by atoms with E-state index < -0.39 is 0 Å². The van der Waals surface area contributed by atoms with E-state index in [4.69, 9.17) is 16.3 Å². The van der Waals surface area contributed by atoms with Gasteiger partial charge in [0.25, 0.3) is 11.8 Å². The second kappa shape index (κ2) is 8.73. The molecule has 0 aliphatic carbocycles. The molecule has 2 amide bonds. The van der Waals surface area contributed by atoms with E-state index in [2.05, 4.69) is 11.9 Å². The monoisotopic (exact) mass is 439 g/mol. The standard InChI is InChI=1S/C24H26ClN3O3/c1-16(2)31-18-10-8-17(9-11-18)21-22(27-14-12-26(3)13-15-27)24(30)28(23(21)29)20-7-5-4-6-19(20)25/h4-11,16H,12-15H2,1-3H3. The smallest absolute Gasteiger partial charge is 0.282 e. The fourth-order valence-electron chi connectivity index (χ4n) is 3.93. The van der Waals surface area contributed by atoms with E-state index in [9.17, 15) is 9.59 Å². The maximum Gasteiger partial charge on any atom is 0.282 e. The summed E-state index contributed by atoms with van der Waals surface area (Å²) < 4.78 is 5.73. The minimum Gasteiger partial charge on any atom is -0.491 e. The molecule has 6 nitrogen and oxygen atoms in total. The van der Waals surface area contributed by atoms with Crippen molar-refractivity contribution >= 4 is 34.7 Å². The third-order valence-electron chi connectivity index (χ3n) is 5.49. The van der Waals surface area contributed by atoms with Gasteiger partial charge >= 0.3 is 0 Å². The second-order valence-electron chi connectivity index (χ2n) is 8.10. The zero-order chi connectivity index (χ0) is 22.1. The van der Waals surface area contributed by atoms with Crippen LogP contribution in [0.25, 0.3) is 5.57 Å². The summed E-state index contributed by atoms with van der Waals surface area (Å²) in [5.74, 6) is 0.0324.